The van der Waals surface area contributed by atoms with Gasteiger partial charge in [-0.25, -0.2) is 0 Å². The summed E-state index contributed by atoms with van der Waals surface area (Å²) >= 11 is 0.480. The van der Waals surface area contributed by atoms with E-state index in [-0.39, 0.29) is 19.3 Å². The van der Waals surface area contributed by atoms with Crippen LogP contribution in [0.1, 0.15) is 40.2 Å². The van der Waals surface area contributed by atoms with E-state index in [9.17, 15) is 0 Å². The van der Waals surface area contributed by atoms with Crippen molar-refractivity contribution in [1.82, 2.24) is 0 Å². The zero-order chi connectivity index (χ0) is 26.7. The Balaban J connectivity index is 1.62. The molecule has 39 heavy (non-hydrogen) atoms. The quantitative estimate of drug-likeness (QED) is 0.156. The van der Waals surface area contributed by atoms with Crippen molar-refractivity contribution in [3.05, 3.63) is 172 Å². The molecule has 1 fully saturated rings. The summed E-state index contributed by atoms with van der Waals surface area (Å²) in [5.41, 5.74) is 8.18. The van der Waals surface area contributed by atoms with Gasteiger partial charge in [-0.15, -0.1) is 0 Å². The van der Waals surface area contributed by atoms with Crippen LogP contribution in [0.25, 0.3) is 5.57 Å². The second-order valence-corrected chi connectivity index (χ2v) is 15.5. The van der Waals surface area contributed by atoms with Crippen LogP contribution in [0.5, 0.6) is 0 Å². The molecule has 5 aromatic carbocycles. The molecule has 5 aromatic rings. The first-order chi connectivity index (χ1) is 19.1. The first-order valence-electron chi connectivity index (χ1n) is 13.5. The second kappa shape index (κ2) is 11.5. The van der Waals surface area contributed by atoms with Gasteiger partial charge in [0.25, 0.3) is 0 Å². The van der Waals surface area contributed by atoms with E-state index in [0.29, 0.717) is 20.9 Å². The Morgan fingerprint density at radius 3 is 1.54 bits per heavy atom. The Hall–Kier alpha value is -3.12. The minimum atomic E-state index is 0.136. The number of rotatable bonds is 8. The Bertz CT molecular complexity index is 1510. The summed E-state index contributed by atoms with van der Waals surface area (Å²) in [6.07, 6.45) is 1.21. The summed E-state index contributed by atoms with van der Waals surface area (Å²) in [5.74, 6) is 0.533. The summed E-state index contributed by atoms with van der Waals surface area (Å²) in [6.45, 7) is 4.36. The van der Waals surface area contributed by atoms with Crippen LogP contribution in [0.2, 0.25) is 4.31 Å². The second-order valence-electron chi connectivity index (χ2n) is 10.3. The Morgan fingerprint density at radius 2 is 1.03 bits per heavy atom. The molecule has 6 rings (SSSR count). The van der Waals surface area contributed by atoms with E-state index in [1.54, 1.807) is 4.47 Å². The molecule has 0 spiro atoms. The topological polar surface area (TPSA) is 0 Å². The summed E-state index contributed by atoms with van der Waals surface area (Å²) in [6, 6.07) is 52.1. The van der Waals surface area contributed by atoms with E-state index in [2.05, 4.69) is 153 Å². The summed E-state index contributed by atoms with van der Waals surface area (Å²) in [4.78, 5) is 0. The minimum absolute atomic E-state index is 0.136. The van der Waals surface area contributed by atoms with Crippen molar-refractivity contribution in [3.8, 4) is 0 Å². The zero-order valence-electron chi connectivity index (χ0n) is 22.4. The van der Waals surface area contributed by atoms with Gasteiger partial charge in [-0.05, 0) is 0 Å². The molecular weight excluding hydrogens is 602 g/mol. The molecule has 0 nitrogen and oxygen atoms in total. The molecular formula is C37H32Se2. The van der Waals surface area contributed by atoms with Crippen LogP contribution >= 0.6 is 0 Å². The van der Waals surface area contributed by atoms with E-state index in [4.69, 9.17) is 0 Å². The SMILES string of the molecule is Cc1ccc(C(=C([Se]c2ccccc2)[C@]2([Se]c3ccccc3)C[C@@H]2c2ccccc2)c2ccc(C)cc2)cc1. The predicted molar refractivity (Wildman–Crippen MR) is 169 cm³/mol. The maximum absolute atomic E-state index is 2.35. The van der Waals surface area contributed by atoms with Gasteiger partial charge in [-0.1, -0.05) is 0 Å². The molecule has 0 aromatic heterocycles. The first-order valence-corrected chi connectivity index (χ1v) is 17.0. The Morgan fingerprint density at radius 1 is 0.564 bits per heavy atom. The third kappa shape index (κ3) is 5.76. The van der Waals surface area contributed by atoms with Gasteiger partial charge in [-0.3, -0.25) is 0 Å². The molecule has 2 heteroatoms. The average molecular weight is 635 g/mol. The van der Waals surface area contributed by atoms with Gasteiger partial charge in [0, 0.05) is 0 Å². The zero-order valence-corrected chi connectivity index (χ0v) is 25.8. The third-order valence-electron chi connectivity index (χ3n) is 7.41. The molecule has 2 atom stereocenters. The standard InChI is InChI=1S/C37H32Se2/c1-27-18-22-30(23-19-27)35(31-24-20-28(2)21-25-31)36(38-32-14-8-4-9-15-32)37(39-33-16-10-5-11-17-33)26-34(37)29-12-6-3-7-13-29/h3-25,34H,26H2,1-2H3/t34-,37+/m1/s1. The van der Waals surface area contributed by atoms with Gasteiger partial charge in [0.05, 0.1) is 0 Å². The van der Waals surface area contributed by atoms with Gasteiger partial charge in [0.15, 0.2) is 0 Å². The van der Waals surface area contributed by atoms with Crippen molar-refractivity contribution in [2.24, 2.45) is 0 Å². The fourth-order valence-electron chi connectivity index (χ4n) is 5.25. The first kappa shape index (κ1) is 26.1. The molecule has 1 saturated carbocycles. The molecule has 0 aliphatic heterocycles. The van der Waals surface area contributed by atoms with Gasteiger partial charge in [0.2, 0.25) is 0 Å². The number of allylic oxidation sites excluding steroid dienone is 1. The van der Waals surface area contributed by atoms with Crippen LogP contribution in [0, 0.1) is 13.8 Å². The third-order valence-corrected chi connectivity index (χ3v) is 14.0. The van der Waals surface area contributed by atoms with Gasteiger partial charge < -0.3 is 0 Å². The summed E-state index contributed by atoms with van der Waals surface area (Å²) in [5, 5.41) is 0. The molecule has 0 radical (unpaired) electrons. The van der Waals surface area contributed by atoms with Crippen LogP contribution in [-0.2, 0) is 0 Å². The molecule has 0 heterocycles. The number of benzene rings is 5. The Kier molecular flexibility index (Phi) is 7.73. The average Bonchev–Trinajstić information content (AvgIpc) is 3.71. The van der Waals surface area contributed by atoms with E-state index in [1.165, 1.54) is 48.7 Å². The van der Waals surface area contributed by atoms with Crippen LogP contribution in [-0.4, -0.2) is 29.9 Å². The van der Waals surface area contributed by atoms with Crippen LogP contribution in [0.3, 0.4) is 0 Å². The number of hydrogen-bond donors (Lipinski definition) is 0. The van der Waals surface area contributed by atoms with E-state index >= 15 is 0 Å². The fraction of sp³-hybridized carbons (Fsp3) is 0.135. The van der Waals surface area contributed by atoms with Crippen molar-refractivity contribution in [3.63, 3.8) is 0 Å². The molecule has 1 aliphatic rings. The molecule has 0 N–H and O–H groups in total. The van der Waals surface area contributed by atoms with Crippen LogP contribution < -0.4 is 8.92 Å². The molecule has 0 bridgehead atoms. The van der Waals surface area contributed by atoms with Crippen molar-refractivity contribution in [2.45, 2.75) is 30.5 Å². The molecule has 0 unspecified atom stereocenters. The fourth-order valence-corrected chi connectivity index (χ4v) is 11.8. The molecule has 192 valence electrons. The van der Waals surface area contributed by atoms with Gasteiger partial charge in [-0.2, -0.15) is 0 Å². The predicted octanol–water partition coefficient (Wildman–Crippen LogP) is 7.47. The van der Waals surface area contributed by atoms with Crippen molar-refractivity contribution in [2.75, 3.05) is 0 Å². The van der Waals surface area contributed by atoms with Crippen molar-refractivity contribution >= 4 is 44.4 Å². The normalized spacial score (nSPS) is 17.9. The van der Waals surface area contributed by atoms with Crippen molar-refractivity contribution < 1.29 is 0 Å². The van der Waals surface area contributed by atoms with Crippen molar-refractivity contribution in [1.29, 1.82) is 0 Å². The number of aryl methyl sites for hydroxylation is 2. The van der Waals surface area contributed by atoms with E-state index in [0.717, 1.165) is 0 Å². The number of hydrogen-bond acceptors (Lipinski definition) is 0. The van der Waals surface area contributed by atoms with E-state index < -0.39 is 0 Å². The summed E-state index contributed by atoms with van der Waals surface area (Å²) < 4.78 is 4.71. The molecule has 0 saturated heterocycles. The monoisotopic (exact) mass is 636 g/mol. The molecule has 1 aliphatic carbocycles. The van der Waals surface area contributed by atoms with Crippen LogP contribution in [0.15, 0.2) is 144 Å². The molecule has 0 amide bonds. The Labute approximate surface area is 245 Å². The van der Waals surface area contributed by atoms with E-state index in [1.807, 2.05) is 0 Å². The van der Waals surface area contributed by atoms with Gasteiger partial charge in [0.1, 0.15) is 0 Å². The maximum atomic E-state index is 2.35. The van der Waals surface area contributed by atoms with Crippen LogP contribution in [0.4, 0.5) is 0 Å². The summed E-state index contributed by atoms with van der Waals surface area (Å²) in [7, 11) is 0. The van der Waals surface area contributed by atoms with Gasteiger partial charge >= 0.3 is 247 Å².